The van der Waals surface area contributed by atoms with E-state index in [0.717, 1.165) is 18.4 Å². The summed E-state index contributed by atoms with van der Waals surface area (Å²) < 4.78 is 5.06. The van der Waals surface area contributed by atoms with Crippen molar-refractivity contribution in [3.05, 3.63) is 39.9 Å². The molecule has 0 heterocycles. The van der Waals surface area contributed by atoms with Gasteiger partial charge in [0.25, 0.3) is 5.69 Å². The number of nitro benzene ring substituents is 1. The summed E-state index contributed by atoms with van der Waals surface area (Å²) in [5.41, 5.74) is 0.805. The number of hydrogen-bond donors (Lipinski definition) is 0. The standard InChI is InChI=1S/C14H19NO4/c1-3-5-6-13(14(16)19-4-2)11-7-9-12(10-8-11)15(17)18/h7-10,13H,3-6H2,1-2H3. The average molecular weight is 265 g/mol. The number of nitrogens with zero attached hydrogens (tertiary/aromatic N) is 1. The van der Waals surface area contributed by atoms with Crippen LogP contribution in [0.25, 0.3) is 0 Å². The lowest BCUT2D eigenvalue weighted by Gasteiger charge is -2.15. The molecule has 0 saturated heterocycles. The molecule has 0 saturated carbocycles. The van der Waals surface area contributed by atoms with Gasteiger partial charge in [-0.3, -0.25) is 14.9 Å². The Morgan fingerprint density at radius 2 is 1.95 bits per heavy atom. The highest BCUT2D eigenvalue weighted by atomic mass is 16.6. The van der Waals surface area contributed by atoms with E-state index in [1.807, 2.05) is 0 Å². The highest BCUT2D eigenvalue weighted by Gasteiger charge is 2.22. The van der Waals surface area contributed by atoms with Gasteiger partial charge in [0.2, 0.25) is 0 Å². The number of unbranched alkanes of at least 4 members (excludes halogenated alkanes) is 1. The smallest absolute Gasteiger partial charge is 0.313 e. The van der Waals surface area contributed by atoms with E-state index in [4.69, 9.17) is 4.74 Å². The average Bonchev–Trinajstić information content (AvgIpc) is 2.40. The Kier molecular flexibility index (Phi) is 5.99. The van der Waals surface area contributed by atoms with Gasteiger partial charge in [0.1, 0.15) is 0 Å². The van der Waals surface area contributed by atoms with Crippen LogP contribution >= 0.6 is 0 Å². The predicted molar refractivity (Wildman–Crippen MR) is 72.0 cm³/mol. The summed E-state index contributed by atoms with van der Waals surface area (Å²) in [5.74, 6) is -0.592. The van der Waals surface area contributed by atoms with Crippen molar-refractivity contribution >= 4 is 11.7 Å². The molecule has 19 heavy (non-hydrogen) atoms. The molecule has 0 spiro atoms. The topological polar surface area (TPSA) is 69.4 Å². The number of non-ortho nitro benzene ring substituents is 1. The zero-order valence-corrected chi connectivity index (χ0v) is 11.3. The quantitative estimate of drug-likeness (QED) is 0.430. The van der Waals surface area contributed by atoms with Crippen LogP contribution < -0.4 is 0 Å². The molecule has 1 atom stereocenters. The second-order valence-electron chi connectivity index (χ2n) is 4.30. The summed E-state index contributed by atoms with van der Waals surface area (Å²) in [6, 6.07) is 6.12. The molecule has 1 aromatic carbocycles. The fourth-order valence-electron chi connectivity index (χ4n) is 1.90. The van der Waals surface area contributed by atoms with E-state index in [0.29, 0.717) is 13.0 Å². The summed E-state index contributed by atoms with van der Waals surface area (Å²) in [5, 5.41) is 10.6. The van der Waals surface area contributed by atoms with Crippen LogP contribution in [0.4, 0.5) is 5.69 Å². The Morgan fingerprint density at radius 1 is 1.32 bits per heavy atom. The molecule has 5 nitrogen and oxygen atoms in total. The molecule has 1 unspecified atom stereocenters. The lowest BCUT2D eigenvalue weighted by atomic mass is 9.93. The predicted octanol–water partition coefficient (Wildman–Crippen LogP) is 3.43. The molecule has 0 aromatic heterocycles. The number of ether oxygens (including phenoxy) is 1. The van der Waals surface area contributed by atoms with Gasteiger partial charge >= 0.3 is 5.97 Å². The zero-order chi connectivity index (χ0) is 14.3. The first kappa shape index (κ1) is 15.1. The first-order valence-corrected chi connectivity index (χ1v) is 6.51. The monoisotopic (exact) mass is 265 g/mol. The maximum Gasteiger partial charge on any atom is 0.313 e. The SMILES string of the molecule is CCCCC(C(=O)OCC)c1ccc([N+](=O)[O-])cc1. The van der Waals surface area contributed by atoms with Gasteiger partial charge in [-0.1, -0.05) is 31.9 Å². The molecule has 5 heteroatoms. The fourth-order valence-corrected chi connectivity index (χ4v) is 1.90. The third-order valence-corrected chi connectivity index (χ3v) is 2.92. The number of carbonyl (C=O) groups excluding carboxylic acids is 1. The first-order valence-electron chi connectivity index (χ1n) is 6.51. The molecule has 104 valence electrons. The van der Waals surface area contributed by atoms with Crippen LogP contribution in [0.2, 0.25) is 0 Å². The first-order chi connectivity index (χ1) is 9.10. The largest absolute Gasteiger partial charge is 0.466 e. The highest BCUT2D eigenvalue weighted by molar-refractivity contribution is 5.78. The van der Waals surface area contributed by atoms with Crippen LogP contribution in [-0.2, 0) is 9.53 Å². The molecule has 1 aromatic rings. The minimum atomic E-state index is -0.449. The van der Waals surface area contributed by atoms with Crippen molar-refractivity contribution < 1.29 is 14.5 Å². The third-order valence-electron chi connectivity index (χ3n) is 2.92. The highest BCUT2D eigenvalue weighted by Crippen LogP contribution is 2.25. The number of rotatable bonds is 7. The van der Waals surface area contributed by atoms with Crippen molar-refractivity contribution in [1.82, 2.24) is 0 Å². The van der Waals surface area contributed by atoms with Gasteiger partial charge in [-0.15, -0.1) is 0 Å². The minimum absolute atomic E-state index is 0.0295. The van der Waals surface area contributed by atoms with Crippen molar-refractivity contribution in [2.45, 2.75) is 39.0 Å². The van der Waals surface area contributed by atoms with E-state index in [2.05, 4.69) is 6.92 Å². The van der Waals surface area contributed by atoms with Crippen molar-refractivity contribution in [1.29, 1.82) is 0 Å². The molecule has 0 bridgehead atoms. The Balaban J connectivity index is 2.89. The van der Waals surface area contributed by atoms with Gasteiger partial charge in [-0.25, -0.2) is 0 Å². The zero-order valence-electron chi connectivity index (χ0n) is 11.3. The van der Waals surface area contributed by atoms with E-state index in [1.165, 1.54) is 12.1 Å². The number of benzene rings is 1. The summed E-state index contributed by atoms with van der Waals surface area (Å²) >= 11 is 0. The molecule has 0 aliphatic heterocycles. The molecule has 0 fully saturated rings. The van der Waals surface area contributed by atoms with Crippen LogP contribution in [0.5, 0.6) is 0 Å². The Bertz CT molecular complexity index is 428. The Hall–Kier alpha value is -1.91. The molecule has 0 radical (unpaired) electrons. The molecule has 0 N–H and O–H groups in total. The second kappa shape index (κ2) is 7.51. The lowest BCUT2D eigenvalue weighted by Crippen LogP contribution is -2.16. The Labute approximate surface area is 112 Å². The van der Waals surface area contributed by atoms with Crippen LogP contribution in [-0.4, -0.2) is 17.5 Å². The van der Waals surface area contributed by atoms with E-state index in [-0.39, 0.29) is 17.6 Å². The summed E-state index contributed by atoms with van der Waals surface area (Å²) in [7, 11) is 0. The van der Waals surface area contributed by atoms with Gasteiger partial charge in [0, 0.05) is 12.1 Å². The second-order valence-corrected chi connectivity index (χ2v) is 4.30. The van der Waals surface area contributed by atoms with Gasteiger partial charge in [-0.05, 0) is 18.9 Å². The van der Waals surface area contributed by atoms with Crippen LogP contribution in [0.3, 0.4) is 0 Å². The minimum Gasteiger partial charge on any atom is -0.466 e. The maximum absolute atomic E-state index is 11.9. The number of esters is 1. The third kappa shape index (κ3) is 4.35. The van der Waals surface area contributed by atoms with Crippen LogP contribution in [0, 0.1) is 10.1 Å². The number of carbonyl (C=O) groups is 1. The molecular weight excluding hydrogens is 246 g/mol. The number of nitro groups is 1. The van der Waals surface area contributed by atoms with Gasteiger partial charge in [-0.2, -0.15) is 0 Å². The van der Waals surface area contributed by atoms with Gasteiger partial charge in [0.15, 0.2) is 0 Å². The summed E-state index contributed by atoms with van der Waals surface area (Å²) in [6.45, 7) is 4.16. The molecule has 0 aliphatic rings. The van der Waals surface area contributed by atoms with E-state index >= 15 is 0 Å². The van der Waals surface area contributed by atoms with Crippen molar-refractivity contribution in [2.75, 3.05) is 6.61 Å². The van der Waals surface area contributed by atoms with Gasteiger partial charge in [0.05, 0.1) is 17.4 Å². The molecule has 0 aliphatic carbocycles. The fraction of sp³-hybridized carbons (Fsp3) is 0.500. The van der Waals surface area contributed by atoms with Crippen LogP contribution in [0.1, 0.15) is 44.6 Å². The van der Waals surface area contributed by atoms with Crippen LogP contribution in [0.15, 0.2) is 24.3 Å². The van der Waals surface area contributed by atoms with E-state index in [9.17, 15) is 14.9 Å². The van der Waals surface area contributed by atoms with E-state index in [1.54, 1.807) is 19.1 Å². The molecule has 1 rings (SSSR count). The summed E-state index contributed by atoms with van der Waals surface area (Å²) in [4.78, 5) is 22.1. The van der Waals surface area contributed by atoms with Crippen molar-refractivity contribution in [3.8, 4) is 0 Å². The van der Waals surface area contributed by atoms with E-state index < -0.39 is 4.92 Å². The molecule has 0 amide bonds. The lowest BCUT2D eigenvalue weighted by molar-refractivity contribution is -0.384. The number of hydrogen-bond acceptors (Lipinski definition) is 4. The Morgan fingerprint density at radius 3 is 2.42 bits per heavy atom. The molecular formula is C14H19NO4. The maximum atomic E-state index is 11.9. The summed E-state index contributed by atoms with van der Waals surface area (Å²) in [6.07, 6.45) is 2.61. The normalized spacial score (nSPS) is 11.9. The van der Waals surface area contributed by atoms with Gasteiger partial charge < -0.3 is 4.74 Å². The van der Waals surface area contributed by atoms with Crippen molar-refractivity contribution in [2.24, 2.45) is 0 Å². The van der Waals surface area contributed by atoms with Crippen molar-refractivity contribution in [3.63, 3.8) is 0 Å².